The van der Waals surface area contributed by atoms with Gasteiger partial charge in [-0.25, -0.2) is 14.0 Å². The maximum atomic E-state index is 14.3. The van der Waals surface area contributed by atoms with Crippen molar-refractivity contribution in [3.8, 4) is 11.1 Å². The van der Waals surface area contributed by atoms with Crippen LogP contribution in [0.15, 0.2) is 40.9 Å². The molecule has 0 heterocycles. The van der Waals surface area contributed by atoms with Crippen molar-refractivity contribution in [2.45, 2.75) is 26.4 Å². The van der Waals surface area contributed by atoms with Crippen LogP contribution in [-0.2, 0) is 4.74 Å². The van der Waals surface area contributed by atoms with E-state index in [-0.39, 0.29) is 5.69 Å². The number of carboxylic acid groups (broad SMARTS) is 1. The van der Waals surface area contributed by atoms with Crippen LogP contribution < -0.4 is 5.32 Å². The third-order valence-corrected chi connectivity index (χ3v) is 3.65. The molecule has 25 heavy (non-hydrogen) atoms. The first kappa shape index (κ1) is 18.9. The van der Waals surface area contributed by atoms with Crippen molar-refractivity contribution < 1.29 is 23.8 Å². The van der Waals surface area contributed by atoms with Crippen LogP contribution in [0.5, 0.6) is 0 Å². The van der Waals surface area contributed by atoms with Crippen molar-refractivity contribution in [1.29, 1.82) is 0 Å². The van der Waals surface area contributed by atoms with E-state index in [1.807, 2.05) is 0 Å². The summed E-state index contributed by atoms with van der Waals surface area (Å²) in [6, 6.07) is 9.57. The first-order valence-corrected chi connectivity index (χ1v) is 8.19. The maximum Gasteiger partial charge on any atom is 0.412 e. The van der Waals surface area contributed by atoms with Gasteiger partial charge in [-0.1, -0.05) is 28.1 Å². The number of benzene rings is 2. The van der Waals surface area contributed by atoms with Crippen molar-refractivity contribution in [1.82, 2.24) is 0 Å². The molecule has 0 radical (unpaired) electrons. The van der Waals surface area contributed by atoms with Gasteiger partial charge in [-0.05, 0) is 56.2 Å². The molecule has 2 aromatic carbocycles. The molecule has 0 aliphatic carbocycles. The first-order valence-electron chi connectivity index (χ1n) is 7.39. The smallest absolute Gasteiger partial charge is 0.412 e. The number of carbonyl (C=O) groups excluding carboxylic acids is 1. The fourth-order valence-electron chi connectivity index (χ4n) is 2.15. The minimum absolute atomic E-state index is 0.167. The number of carboxylic acids is 1. The summed E-state index contributed by atoms with van der Waals surface area (Å²) in [4.78, 5) is 23.3. The Morgan fingerprint density at radius 1 is 1.12 bits per heavy atom. The molecule has 0 spiro atoms. The number of ether oxygens (including phenoxy) is 1. The Labute approximate surface area is 152 Å². The van der Waals surface area contributed by atoms with Crippen molar-refractivity contribution in [3.05, 3.63) is 52.3 Å². The quantitative estimate of drug-likeness (QED) is 0.720. The van der Waals surface area contributed by atoms with Gasteiger partial charge in [0.25, 0.3) is 0 Å². The van der Waals surface area contributed by atoms with Crippen LogP contribution in [0, 0.1) is 5.82 Å². The monoisotopic (exact) mass is 409 g/mol. The van der Waals surface area contributed by atoms with Crippen molar-refractivity contribution in [2.75, 3.05) is 5.32 Å². The van der Waals surface area contributed by atoms with Gasteiger partial charge in [0.1, 0.15) is 17.0 Å². The lowest BCUT2D eigenvalue weighted by atomic mass is 10.0. The number of hydrogen-bond donors (Lipinski definition) is 2. The van der Waals surface area contributed by atoms with E-state index in [4.69, 9.17) is 4.74 Å². The van der Waals surface area contributed by atoms with Gasteiger partial charge in [0, 0.05) is 4.47 Å². The number of hydrogen-bond acceptors (Lipinski definition) is 3. The highest BCUT2D eigenvalue weighted by Gasteiger charge is 2.22. The minimum atomic E-state index is -1.48. The predicted octanol–water partition coefficient (Wildman–Crippen LogP) is 5.30. The second-order valence-corrected chi connectivity index (χ2v) is 7.24. The van der Waals surface area contributed by atoms with Crippen LogP contribution >= 0.6 is 15.9 Å². The van der Waals surface area contributed by atoms with E-state index in [0.29, 0.717) is 11.1 Å². The largest absolute Gasteiger partial charge is 0.478 e. The van der Waals surface area contributed by atoms with Gasteiger partial charge in [-0.15, -0.1) is 0 Å². The summed E-state index contributed by atoms with van der Waals surface area (Å²) in [6.45, 7) is 5.01. The molecular weight excluding hydrogens is 393 g/mol. The molecule has 0 saturated carbocycles. The summed E-state index contributed by atoms with van der Waals surface area (Å²) in [7, 11) is 0. The van der Waals surface area contributed by atoms with E-state index in [0.717, 1.165) is 10.5 Å². The van der Waals surface area contributed by atoms with Gasteiger partial charge in [-0.2, -0.15) is 0 Å². The van der Waals surface area contributed by atoms with Gasteiger partial charge in [0.15, 0.2) is 0 Å². The number of amides is 1. The number of aromatic carboxylic acids is 1. The Kier molecular flexibility index (Phi) is 5.47. The molecule has 0 saturated heterocycles. The van der Waals surface area contributed by atoms with E-state index in [9.17, 15) is 19.1 Å². The summed E-state index contributed by atoms with van der Waals surface area (Å²) in [5, 5.41) is 11.6. The fraction of sp³-hybridized carbons (Fsp3) is 0.222. The molecule has 0 bridgehead atoms. The summed E-state index contributed by atoms with van der Waals surface area (Å²) in [6.07, 6.45) is -0.859. The molecule has 7 heteroatoms. The molecule has 0 aliphatic heterocycles. The lowest BCUT2D eigenvalue weighted by Gasteiger charge is -2.20. The van der Waals surface area contributed by atoms with Gasteiger partial charge in [0.05, 0.1) is 5.69 Å². The first-order chi connectivity index (χ1) is 11.6. The van der Waals surface area contributed by atoms with E-state index < -0.39 is 29.0 Å². The number of rotatable bonds is 3. The third-order valence-electron chi connectivity index (χ3n) is 3.12. The van der Waals surface area contributed by atoms with Crippen LogP contribution in [0.2, 0.25) is 0 Å². The number of halogens is 2. The Bertz CT molecular complexity index is 813. The van der Waals surface area contributed by atoms with E-state index in [1.54, 1.807) is 45.0 Å². The standard InChI is InChI=1S/C18H17BrFNO4/c1-18(2,3)25-17(24)21-14-9-11(8-13(20)15(14)16(22)23)10-4-6-12(19)7-5-10/h4-9H,1-3H3,(H,21,24)(H,22,23). The second kappa shape index (κ2) is 7.23. The molecule has 0 unspecified atom stereocenters. The summed E-state index contributed by atoms with van der Waals surface area (Å²) in [5.41, 5.74) is -0.450. The molecule has 0 fully saturated rings. The van der Waals surface area contributed by atoms with Crippen molar-refractivity contribution >= 4 is 33.7 Å². The third kappa shape index (κ3) is 5.03. The molecule has 0 aliphatic rings. The summed E-state index contributed by atoms with van der Waals surface area (Å²) >= 11 is 3.31. The Hall–Kier alpha value is -2.41. The Balaban J connectivity index is 2.46. The molecule has 2 aromatic rings. The van der Waals surface area contributed by atoms with E-state index in [2.05, 4.69) is 21.2 Å². The lowest BCUT2D eigenvalue weighted by Crippen LogP contribution is -2.28. The summed E-state index contributed by atoms with van der Waals surface area (Å²) in [5.74, 6) is -2.43. The van der Waals surface area contributed by atoms with Crippen LogP contribution in [0.3, 0.4) is 0 Å². The van der Waals surface area contributed by atoms with Crippen LogP contribution in [0.4, 0.5) is 14.9 Å². The topological polar surface area (TPSA) is 75.6 Å². The van der Waals surface area contributed by atoms with Gasteiger partial charge in [0.2, 0.25) is 0 Å². The average molecular weight is 410 g/mol. The molecule has 0 aromatic heterocycles. The highest BCUT2D eigenvalue weighted by atomic mass is 79.9. The van der Waals surface area contributed by atoms with Crippen molar-refractivity contribution in [2.24, 2.45) is 0 Å². The van der Waals surface area contributed by atoms with Gasteiger partial charge < -0.3 is 9.84 Å². The van der Waals surface area contributed by atoms with Crippen LogP contribution in [0.25, 0.3) is 11.1 Å². The molecule has 1 amide bonds. The number of anilines is 1. The molecule has 5 nitrogen and oxygen atoms in total. The predicted molar refractivity (Wildman–Crippen MR) is 96.4 cm³/mol. The Morgan fingerprint density at radius 3 is 2.24 bits per heavy atom. The highest BCUT2D eigenvalue weighted by Crippen LogP contribution is 2.29. The lowest BCUT2D eigenvalue weighted by molar-refractivity contribution is 0.0636. The molecule has 132 valence electrons. The maximum absolute atomic E-state index is 14.3. The molecule has 0 atom stereocenters. The Morgan fingerprint density at radius 2 is 1.72 bits per heavy atom. The van der Waals surface area contributed by atoms with Crippen LogP contribution in [-0.4, -0.2) is 22.8 Å². The highest BCUT2D eigenvalue weighted by molar-refractivity contribution is 9.10. The number of carbonyl (C=O) groups is 2. The zero-order chi connectivity index (χ0) is 18.8. The molecular formula is C18H17BrFNO4. The van der Waals surface area contributed by atoms with Crippen LogP contribution in [0.1, 0.15) is 31.1 Å². The molecule has 2 N–H and O–H groups in total. The number of nitrogens with one attached hydrogen (secondary N) is 1. The van der Waals surface area contributed by atoms with E-state index >= 15 is 0 Å². The van der Waals surface area contributed by atoms with Gasteiger partial charge >= 0.3 is 12.1 Å². The summed E-state index contributed by atoms with van der Waals surface area (Å²) < 4.78 is 20.3. The fourth-order valence-corrected chi connectivity index (χ4v) is 2.41. The zero-order valence-electron chi connectivity index (χ0n) is 13.9. The van der Waals surface area contributed by atoms with E-state index in [1.165, 1.54) is 6.07 Å². The van der Waals surface area contributed by atoms with Gasteiger partial charge in [-0.3, -0.25) is 5.32 Å². The minimum Gasteiger partial charge on any atom is -0.478 e. The zero-order valence-corrected chi connectivity index (χ0v) is 15.5. The van der Waals surface area contributed by atoms with Crippen molar-refractivity contribution in [3.63, 3.8) is 0 Å². The molecule has 2 rings (SSSR count). The second-order valence-electron chi connectivity index (χ2n) is 6.32. The normalized spacial score (nSPS) is 11.1. The SMILES string of the molecule is CC(C)(C)OC(=O)Nc1cc(-c2ccc(Br)cc2)cc(F)c1C(=O)O. The average Bonchev–Trinajstić information content (AvgIpc) is 2.44.